The van der Waals surface area contributed by atoms with Gasteiger partial charge in [-0.05, 0) is 32.9 Å². The molecule has 1 amide bonds. The summed E-state index contributed by atoms with van der Waals surface area (Å²) in [6.45, 7) is 5.77. The lowest BCUT2D eigenvalue weighted by Crippen LogP contribution is -2.20. The molecule has 0 saturated carbocycles. The van der Waals surface area contributed by atoms with Crippen LogP contribution in [-0.2, 0) is 11.2 Å². The number of benzene rings is 1. The number of nitrogens with one attached hydrogen (secondary N) is 1. The van der Waals surface area contributed by atoms with Crippen molar-refractivity contribution < 1.29 is 4.79 Å². The first-order valence-corrected chi connectivity index (χ1v) is 9.25. The average molecular weight is 388 g/mol. The number of thiazole rings is 1. The van der Waals surface area contributed by atoms with Crippen LogP contribution in [0, 0.1) is 20.8 Å². The van der Waals surface area contributed by atoms with E-state index in [1.165, 1.54) is 17.6 Å². The first-order chi connectivity index (χ1) is 12.4. The second kappa shape index (κ2) is 7.80. The highest BCUT2D eigenvalue weighted by Gasteiger charge is 2.13. The predicted molar refractivity (Wildman–Crippen MR) is 104 cm³/mol. The van der Waals surface area contributed by atoms with Crippen LogP contribution in [0.3, 0.4) is 0 Å². The second-order valence-electron chi connectivity index (χ2n) is 5.87. The van der Waals surface area contributed by atoms with E-state index in [2.05, 4.69) is 20.6 Å². The summed E-state index contributed by atoms with van der Waals surface area (Å²) in [7, 11) is 0. The van der Waals surface area contributed by atoms with Crippen LogP contribution >= 0.6 is 22.9 Å². The van der Waals surface area contributed by atoms with Crippen molar-refractivity contribution in [3.8, 4) is 5.69 Å². The van der Waals surface area contributed by atoms with Gasteiger partial charge in [0, 0.05) is 5.38 Å². The van der Waals surface area contributed by atoms with Crippen molar-refractivity contribution in [3.05, 3.63) is 62.3 Å². The van der Waals surface area contributed by atoms with Crippen LogP contribution in [0.5, 0.6) is 0 Å². The van der Waals surface area contributed by atoms with Crippen molar-refractivity contribution in [1.29, 1.82) is 0 Å². The van der Waals surface area contributed by atoms with Gasteiger partial charge in [0.15, 0.2) is 0 Å². The lowest BCUT2D eigenvalue weighted by atomic mass is 10.2. The number of halogens is 1. The summed E-state index contributed by atoms with van der Waals surface area (Å²) in [5.41, 5.74) is 6.65. The van der Waals surface area contributed by atoms with Gasteiger partial charge in [0.2, 0.25) is 5.91 Å². The van der Waals surface area contributed by atoms with E-state index in [1.54, 1.807) is 4.68 Å². The molecule has 3 rings (SSSR count). The SMILES string of the molecule is Cc1ccc(-n2nc(C)c(/C=N\NC(=O)Cc3csc(C)n3)c2Cl)cc1. The fraction of sp³-hybridized carbons (Fsp3) is 0.222. The molecule has 0 spiro atoms. The number of carbonyl (C=O) groups is 1. The zero-order valence-electron chi connectivity index (χ0n) is 14.7. The maximum Gasteiger partial charge on any atom is 0.246 e. The Morgan fingerprint density at radius 2 is 2.04 bits per heavy atom. The Labute approximate surface area is 160 Å². The highest BCUT2D eigenvalue weighted by Crippen LogP contribution is 2.22. The third-order valence-electron chi connectivity index (χ3n) is 3.72. The molecule has 134 valence electrons. The summed E-state index contributed by atoms with van der Waals surface area (Å²) in [5.74, 6) is -0.230. The molecule has 2 aromatic heterocycles. The standard InChI is InChI=1S/C18H18ClN5OS/c1-11-4-6-15(7-5-11)24-18(19)16(12(2)23-24)9-20-22-17(25)8-14-10-26-13(3)21-14/h4-7,9-10H,8H2,1-3H3,(H,22,25)/b20-9-. The molecule has 26 heavy (non-hydrogen) atoms. The number of carbonyl (C=O) groups excluding carboxylic acids is 1. The molecule has 0 fully saturated rings. The highest BCUT2D eigenvalue weighted by atomic mass is 35.5. The summed E-state index contributed by atoms with van der Waals surface area (Å²) in [6, 6.07) is 7.89. The Morgan fingerprint density at radius 3 is 2.69 bits per heavy atom. The highest BCUT2D eigenvalue weighted by molar-refractivity contribution is 7.09. The lowest BCUT2D eigenvalue weighted by molar-refractivity contribution is -0.120. The molecule has 1 N–H and O–H groups in total. The summed E-state index contributed by atoms with van der Waals surface area (Å²) in [6.07, 6.45) is 1.70. The molecule has 0 atom stereocenters. The largest absolute Gasteiger partial charge is 0.273 e. The fourth-order valence-corrected chi connectivity index (χ4v) is 3.31. The van der Waals surface area contributed by atoms with Gasteiger partial charge in [-0.25, -0.2) is 15.1 Å². The maximum atomic E-state index is 11.9. The summed E-state index contributed by atoms with van der Waals surface area (Å²) < 4.78 is 1.65. The van der Waals surface area contributed by atoms with E-state index < -0.39 is 0 Å². The number of hydrogen-bond acceptors (Lipinski definition) is 5. The first-order valence-electron chi connectivity index (χ1n) is 7.99. The Hall–Kier alpha value is -2.51. The van der Waals surface area contributed by atoms with Crippen LogP contribution in [0.1, 0.15) is 27.5 Å². The predicted octanol–water partition coefficient (Wildman–Crippen LogP) is 3.60. The quantitative estimate of drug-likeness (QED) is 0.537. The van der Waals surface area contributed by atoms with Crippen molar-refractivity contribution in [2.24, 2.45) is 5.10 Å². The first kappa shape index (κ1) is 18.3. The minimum absolute atomic E-state index is 0.191. The normalized spacial score (nSPS) is 11.2. The molecule has 0 radical (unpaired) electrons. The second-order valence-corrected chi connectivity index (χ2v) is 7.29. The Kier molecular flexibility index (Phi) is 5.49. The summed E-state index contributed by atoms with van der Waals surface area (Å²) in [5, 5.41) is 11.7. The molecule has 2 heterocycles. The molecular weight excluding hydrogens is 370 g/mol. The number of nitrogens with zero attached hydrogens (tertiary/aromatic N) is 4. The molecule has 0 aliphatic rings. The van der Waals surface area contributed by atoms with E-state index in [0.717, 1.165) is 27.6 Å². The van der Waals surface area contributed by atoms with E-state index in [1.807, 2.05) is 50.4 Å². The maximum absolute atomic E-state index is 11.9. The van der Waals surface area contributed by atoms with Gasteiger partial charge in [-0.3, -0.25) is 4.79 Å². The summed E-state index contributed by atoms with van der Waals surface area (Å²) in [4.78, 5) is 16.2. The summed E-state index contributed by atoms with van der Waals surface area (Å²) >= 11 is 7.95. The van der Waals surface area contributed by atoms with Gasteiger partial charge in [0.25, 0.3) is 0 Å². The van der Waals surface area contributed by atoms with Crippen molar-refractivity contribution in [2.75, 3.05) is 0 Å². The van der Waals surface area contributed by atoms with E-state index in [0.29, 0.717) is 10.7 Å². The van der Waals surface area contributed by atoms with Gasteiger partial charge < -0.3 is 0 Å². The van der Waals surface area contributed by atoms with Gasteiger partial charge in [0.05, 0.1) is 40.3 Å². The van der Waals surface area contributed by atoms with E-state index in [9.17, 15) is 4.79 Å². The van der Waals surface area contributed by atoms with Gasteiger partial charge in [-0.1, -0.05) is 29.3 Å². The third kappa shape index (κ3) is 4.17. The topological polar surface area (TPSA) is 72.2 Å². The van der Waals surface area contributed by atoms with Crippen molar-refractivity contribution in [1.82, 2.24) is 20.2 Å². The molecule has 1 aromatic carbocycles. The van der Waals surface area contributed by atoms with Crippen LogP contribution in [0.15, 0.2) is 34.7 Å². The molecule has 3 aromatic rings. The molecule has 0 bridgehead atoms. The van der Waals surface area contributed by atoms with Crippen molar-refractivity contribution >= 4 is 35.1 Å². The Morgan fingerprint density at radius 1 is 1.31 bits per heavy atom. The smallest absolute Gasteiger partial charge is 0.246 e. The van der Waals surface area contributed by atoms with Crippen LogP contribution in [0.2, 0.25) is 5.15 Å². The number of amides is 1. The Bertz CT molecular complexity index is 959. The van der Waals surface area contributed by atoms with Crippen molar-refractivity contribution in [3.63, 3.8) is 0 Å². The average Bonchev–Trinajstić information content (AvgIpc) is 3.13. The lowest BCUT2D eigenvalue weighted by Gasteiger charge is -2.03. The molecular formula is C18H18ClN5OS. The molecule has 6 nitrogen and oxygen atoms in total. The number of hydrogen-bond donors (Lipinski definition) is 1. The van der Waals surface area contributed by atoms with Gasteiger partial charge in [-0.15, -0.1) is 11.3 Å². The number of aryl methyl sites for hydroxylation is 3. The molecule has 8 heteroatoms. The van der Waals surface area contributed by atoms with Crippen molar-refractivity contribution in [2.45, 2.75) is 27.2 Å². The third-order valence-corrected chi connectivity index (χ3v) is 4.90. The Balaban J connectivity index is 1.70. The minimum atomic E-state index is -0.230. The van der Waals surface area contributed by atoms with E-state index in [-0.39, 0.29) is 12.3 Å². The monoisotopic (exact) mass is 387 g/mol. The molecule has 0 unspecified atom stereocenters. The van der Waals surface area contributed by atoms with Gasteiger partial charge >= 0.3 is 0 Å². The molecule has 0 aliphatic carbocycles. The fourth-order valence-electron chi connectivity index (χ4n) is 2.38. The van der Waals surface area contributed by atoms with Gasteiger partial charge in [-0.2, -0.15) is 10.2 Å². The van der Waals surface area contributed by atoms with E-state index in [4.69, 9.17) is 11.6 Å². The number of aromatic nitrogens is 3. The molecule has 0 saturated heterocycles. The van der Waals surface area contributed by atoms with Crippen LogP contribution in [0.25, 0.3) is 5.69 Å². The van der Waals surface area contributed by atoms with E-state index >= 15 is 0 Å². The zero-order chi connectivity index (χ0) is 18.7. The zero-order valence-corrected chi connectivity index (χ0v) is 16.2. The van der Waals surface area contributed by atoms with Crippen LogP contribution in [-0.4, -0.2) is 26.9 Å². The van der Waals surface area contributed by atoms with Crippen LogP contribution in [0.4, 0.5) is 0 Å². The van der Waals surface area contributed by atoms with Gasteiger partial charge in [0.1, 0.15) is 5.15 Å². The minimum Gasteiger partial charge on any atom is -0.273 e. The number of hydrazone groups is 1. The molecule has 0 aliphatic heterocycles. The number of rotatable bonds is 5. The van der Waals surface area contributed by atoms with Crippen LogP contribution < -0.4 is 5.43 Å².